The Balaban J connectivity index is 0.000000771. The maximum absolute atomic E-state index is 12.1. The van der Waals surface area contributed by atoms with Crippen molar-refractivity contribution in [2.45, 2.75) is 47.1 Å². The van der Waals surface area contributed by atoms with Gasteiger partial charge in [0.15, 0.2) is 5.82 Å². The number of aryl methyl sites for hydroxylation is 1. The normalized spacial score (nSPS) is 12.6. The molecule has 1 aliphatic rings. The summed E-state index contributed by atoms with van der Waals surface area (Å²) < 4.78 is 14.6. The number of imidazole rings is 1. The van der Waals surface area contributed by atoms with Crippen molar-refractivity contribution < 1.29 is 14.3 Å². The standard InChI is InChI=1S/C22H21BN4O3.2C2H6/c1-26-19-15(8-14(22(28)30-3)10-17(19)29-2)24-21(26)16-9-13-6-7-18(23)25-20(13)27(16)11-12-4-5-12;2*1-2/h6-10,12H,4-5,11H2,1-3H3;2*1-2H3. The molecule has 7 nitrogen and oxygen atoms in total. The van der Waals surface area contributed by atoms with Crippen molar-refractivity contribution in [1.29, 1.82) is 0 Å². The molecule has 0 bridgehead atoms. The van der Waals surface area contributed by atoms with Crippen LogP contribution in [0.3, 0.4) is 0 Å². The van der Waals surface area contributed by atoms with E-state index >= 15 is 0 Å². The van der Waals surface area contributed by atoms with Gasteiger partial charge in [-0.05, 0) is 42.6 Å². The molecule has 1 aromatic carbocycles. The van der Waals surface area contributed by atoms with Gasteiger partial charge >= 0.3 is 5.97 Å². The van der Waals surface area contributed by atoms with Gasteiger partial charge in [0.2, 0.25) is 0 Å². The van der Waals surface area contributed by atoms with Crippen molar-refractivity contribution in [1.82, 2.24) is 19.1 Å². The fourth-order valence-corrected chi connectivity index (χ4v) is 4.00. The summed E-state index contributed by atoms with van der Waals surface area (Å²) in [4.78, 5) is 21.5. The van der Waals surface area contributed by atoms with Crippen molar-refractivity contribution in [3.8, 4) is 17.3 Å². The number of aromatic nitrogens is 4. The van der Waals surface area contributed by atoms with Gasteiger partial charge in [0, 0.05) is 19.0 Å². The van der Waals surface area contributed by atoms with Crippen molar-refractivity contribution in [2.75, 3.05) is 14.2 Å². The Morgan fingerprint density at radius 3 is 2.41 bits per heavy atom. The minimum atomic E-state index is -0.426. The Morgan fingerprint density at radius 1 is 1.09 bits per heavy atom. The third-order valence-electron chi connectivity index (χ3n) is 5.71. The molecule has 2 radical (unpaired) electrons. The van der Waals surface area contributed by atoms with E-state index in [4.69, 9.17) is 22.3 Å². The average Bonchev–Trinajstić information content (AvgIpc) is 3.55. The number of esters is 1. The van der Waals surface area contributed by atoms with Crippen LogP contribution in [0.2, 0.25) is 0 Å². The second-order valence-electron chi connectivity index (χ2n) is 7.76. The number of pyridine rings is 1. The molecule has 3 aromatic heterocycles. The van der Waals surface area contributed by atoms with Crippen LogP contribution in [-0.4, -0.2) is 47.1 Å². The molecule has 3 heterocycles. The number of benzene rings is 1. The lowest BCUT2D eigenvalue weighted by Crippen LogP contribution is -2.11. The van der Waals surface area contributed by atoms with E-state index < -0.39 is 5.97 Å². The van der Waals surface area contributed by atoms with Crippen molar-refractivity contribution in [3.05, 3.63) is 35.9 Å². The second-order valence-corrected chi connectivity index (χ2v) is 7.76. The van der Waals surface area contributed by atoms with E-state index in [1.54, 1.807) is 19.2 Å². The first-order valence-electron chi connectivity index (χ1n) is 11.9. The van der Waals surface area contributed by atoms with Gasteiger partial charge in [0.25, 0.3) is 0 Å². The zero-order valence-electron chi connectivity index (χ0n) is 21.2. The van der Waals surface area contributed by atoms with Gasteiger partial charge in [-0.2, -0.15) is 0 Å². The van der Waals surface area contributed by atoms with Gasteiger partial charge in [-0.3, -0.25) is 0 Å². The SMILES string of the molecule is CC.CC.[B]c1ccc2cc(-c3nc4cc(C(=O)OC)cc(OC)c4n3C)n(CC3CC3)c2n1. The predicted octanol–water partition coefficient (Wildman–Crippen LogP) is 4.64. The van der Waals surface area contributed by atoms with Crippen LogP contribution >= 0.6 is 0 Å². The molecular formula is C26H33BN4O3. The lowest BCUT2D eigenvalue weighted by Gasteiger charge is -2.11. The minimum Gasteiger partial charge on any atom is -0.494 e. The maximum atomic E-state index is 12.1. The van der Waals surface area contributed by atoms with E-state index in [0.717, 1.165) is 34.6 Å². The average molecular weight is 460 g/mol. The molecule has 4 aromatic rings. The topological polar surface area (TPSA) is 71.2 Å². The van der Waals surface area contributed by atoms with Crippen LogP contribution in [0.25, 0.3) is 33.6 Å². The molecular weight excluding hydrogens is 427 g/mol. The first kappa shape index (κ1) is 25.3. The van der Waals surface area contributed by atoms with E-state index in [1.807, 2.05) is 51.4 Å². The lowest BCUT2D eigenvalue weighted by molar-refractivity contribution is 0.0600. The Labute approximate surface area is 202 Å². The van der Waals surface area contributed by atoms with Crippen LogP contribution in [0.1, 0.15) is 50.9 Å². The molecule has 0 atom stereocenters. The summed E-state index contributed by atoms with van der Waals surface area (Å²) in [5.74, 6) is 1.58. The molecule has 0 spiro atoms. The highest BCUT2D eigenvalue weighted by Gasteiger charge is 2.26. The molecule has 34 heavy (non-hydrogen) atoms. The third kappa shape index (κ3) is 4.67. The van der Waals surface area contributed by atoms with Crippen LogP contribution in [0.5, 0.6) is 5.75 Å². The summed E-state index contributed by atoms with van der Waals surface area (Å²) in [5.41, 5.74) is 4.22. The summed E-state index contributed by atoms with van der Waals surface area (Å²) in [6.07, 6.45) is 2.45. The smallest absolute Gasteiger partial charge is 0.338 e. The molecule has 1 saturated carbocycles. The fourth-order valence-electron chi connectivity index (χ4n) is 4.00. The fraction of sp³-hybridized carbons (Fsp3) is 0.423. The molecule has 178 valence electrons. The first-order valence-corrected chi connectivity index (χ1v) is 11.9. The van der Waals surface area contributed by atoms with Gasteiger partial charge < -0.3 is 18.6 Å². The largest absolute Gasteiger partial charge is 0.494 e. The van der Waals surface area contributed by atoms with Crippen LogP contribution in [0.4, 0.5) is 0 Å². The molecule has 0 amide bonds. The number of nitrogens with zero attached hydrogens (tertiary/aromatic N) is 4. The van der Waals surface area contributed by atoms with E-state index in [1.165, 1.54) is 20.0 Å². The maximum Gasteiger partial charge on any atom is 0.338 e. The second kappa shape index (κ2) is 10.8. The van der Waals surface area contributed by atoms with Crippen molar-refractivity contribution in [2.24, 2.45) is 13.0 Å². The zero-order valence-corrected chi connectivity index (χ0v) is 21.2. The van der Waals surface area contributed by atoms with Crippen molar-refractivity contribution >= 4 is 41.5 Å². The van der Waals surface area contributed by atoms with E-state index in [2.05, 4.69) is 15.6 Å². The van der Waals surface area contributed by atoms with E-state index in [9.17, 15) is 4.79 Å². The van der Waals surface area contributed by atoms with Gasteiger partial charge in [0.1, 0.15) is 24.8 Å². The van der Waals surface area contributed by atoms with Gasteiger partial charge in [0.05, 0.1) is 31.0 Å². The molecule has 1 aliphatic carbocycles. The zero-order chi connectivity index (χ0) is 25.0. The first-order chi connectivity index (χ1) is 16.5. The number of carbonyl (C=O) groups excluding carboxylic acids is 1. The van der Waals surface area contributed by atoms with Crippen LogP contribution in [0, 0.1) is 5.92 Å². The number of fused-ring (bicyclic) bond motifs is 2. The molecule has 1 fully saturated rings. The summed E-state index contributed by atoms with van der Waals surface area (Å²) in [6.45, 7) is 8.88. The Bertz CT molecular complexity index is 1300. The summed E-state index contributed by atoms with van der Waals surface area (Å²) in [5, 5.41) is 1.02. The van der Waals surface area contributed by atoms with Crippen molar-refractivity contribution in [3.63, 3.8) is 0 Å². The highest BCUT2D eigenvalue weighted by Crippen LogP contribution is 2.37. The highest BCUT2D eigenvalue weighted by molar-refractivity contribution is 6.31. The summed E-state index contributed by atoms with van der Waals surface area (Å²) in [7, 11) is 10.9. The van der Waals surface area contributed by atoms with Gasteiger partial charge in [-0.1, -0.05) is 39.8 Å². The van der Waals surface area contributed by atoms with Crippen LogP contribution in [-0.2, 0) is 18.3 Å². The molecule has 0 unspecified atom stereocenters. The number of hydrogen-bond acceptors (Lipinski definition) is 5. The number of methoxy groups -OCH3 is 2. The summed E-state index contributed by atoms with van der Waals surface area (Å²) in [6, 6.07) is 9.31. The highest BCUT2D eigenvalue weighted by atomic mass is 16.5. The monoisotopic (exact) mass is 460 g/mol. The predicted molar refractivity (Wildman–Crippen MR) is 138 cm³/mol. The van der Waals surface area contributed by atoms with E-state index in [0.29, 0.717) is 28.3 Å². The third-order valence-corrected chi connectivity index (χ3v) is 5.71. The molecule has 5 rings (SSSR count). The Morgan fingerprint density at radius 2 is 1.79 bits per heavy atom. The van der Waals surface area contributed by atoms with Gasteiger partial charge in [-0.15, -0.1) is 0 Å². The molecule has 0 saturated heterocycles. The minimum absolute atomic E-state index is 0.402. The Hall–Kier alpha value is -3.29. The molecule has 0 aliphatic heterocycles. The van der Waals surface area contributed by atoms with Crippen LogP contribution in [0.15, 0.2) is 30.3 Å². The number of carbonyl (C=O) groups is 1. The molecule has 8 heteroatoms. The quantitative estimate of drug-likeness (QED) is 0.321. The van der Waals surface area contributed by atoms with Gasteiger partial charge in [-0.25, -0.2) is 14.8 Å². The van der Waals surface area contributed by atoms with E-state index in [-0.39, 0.29) is 0 Å². The number of hydrogen-bond donors (Lipinski definition) is 0. The summed E-state index contributed by atoms with van der Waals surface area (Å²) >= 11 is 0. The van der Waals surface area contributed by atoms with Crippen LogP contribution < -0.4 is 10.3 Å². The number of ether oxygens (including phenoxy) is 2. The number of rotatable bonds is 5. The molecule has 0 N–H and O–H groups in total. The Kier molecular flexibility index (Phi) is 8.02. The lowest BCUT2D eigenvalue weighted by atomic mass is 10.0.